The van der Waals surface area contributed by atoms with E-state index >= 15 is 0 Å². The molecule has 1 aromatic rings. The van der Waals surface area contributed by atoms with Gasteiger partial charge in [0, 0.05) is 18.9 Å². The number of Topliss-reactive ketones (excluding diaryl/α,β-unsaturated/α-hetero) is 1. The molecule has 2 rings (SSSR count). The van der Waals surface area contributed by atoms with E-state index in [0.29, 0.717) is 31.4 Å². The molecule has 1 aliphatic rings. The molecule has 0 bridgehead atoms. The zero-order chi connectivity index (χ0) is 28.2. The molecule has 1 saturated carbocycles. The molecule has 1 unspecified atom stereocenters. The number of hydrogen-bond acceptors (Lipinski definition) is 6. The summed E-state index contributed by atoms with van der Waals surface area (Å²) >= 11 is 2.26. The summed E-state index contributed by atoms with van der Waals surface area (Å²) in [6.07, 6.45) is 1.59. The quantitative estimate of drug-likeness (QED) is 0.160. The van der Waals surface area contributed by atoms with E-state index < -0.39 is 37.9 Å². The summed E-state index contributed by atoms with van der Waals surface area (Å²) in [5.74, 6) is -1.17. The van der Waals surface area contributed by atoms with Crippen molar-refractivity contribution in [2.45, 2.75) is 98.1 Å². The van der Waals surface area contributed by atoms with E-state index in [1.807, 2.05) is 32.9 Å². The highest BCUT2D eigenvalue weighted by atomic mass is 127. The van der Waals surface area contributed by atoms with Gasteiger partial charge in [0.1, 0.15) is 11.9 Å². The average molecular weight is 643 g/mol. The smallest absolute Gasteiger partial charge is 0.352 e. The van der Waals surface area contributed by atoms with Crippen molar-refractivity contribution in [3.8, 4) is 0 Å². The fraction of sp³-hybridized carbons (Fsp3) is 0.621. The third kappa shape index (κ3) is 8.48. The molecule has 0 N–H and O–H groups in total. The van der Waals surface area contributed by atoms with Crippen molar-refractivity contribution >= 4 is 48.6 Å². The lowest BCUT2D eigenvalue weighted by molar-refractivity contribution is -0.182. The van der Waals surface area contributed by atoms with Gasteiger partial charge >= 0.3 is 11.9 Å². The number of rotatable bonds is 9. The third-order valence-corrected chi connectivity index (χ3v) is 13.0. The summed E-state index contributed by atoms with van der Waals surface area (Å²) in [4.78, 5) is 38.7. The first kappa shape index (κ1) is 31.7. The number of carbonyl (C=O) groups is 3. The van der Waals surface area contributed by atoms with Crippen molar-refractivity contribution in [3.05, 3.63) is 45.6 Å². The summed E-state index contributed by atoms with van der Waals surface area (Å²) in [5.41, 5.74) is -0.679. The topological polar surface area (TPSA) is 78.9 Å². The first-order valence-electron chi connectivity index (χ1n) is 12.8. The Balaban J connectivity index is 2.28. The van der Waals surface area contributed by atoms with Crippen LogP contribution in [0.15, 0.2) is 40.0 Å². The van der Waals surface area contributed by atoms with Crippen molar-refractivity contribution in [1.29, 1.82) is 0 Å². The molecule has 3 atom stereocenters. The molecule has 0 heterocycles. The van der Waals surface area contributed by atoms with E-state index in [-0.39, 0.29) is 16.2 Å². The second-order valence-corrected chi connectivity index (χ2v) is 18.8. The lowest BCUT2D eigenvalue weighted by Gasteiger charge is -2.46. The van der Waals surface area contributed by atoms with E-state index in [1.165, 1.54) is 6.92 Å². The Morgan fingerprint density at radius 2 is 1.76 bits per heavy atom. The van der Waals surface area contributed by atoms with Gasteiger partial charge in [-0.2, -0.15) is 0 Å². The normalized spacial score (nSPS) is 23.4. The summed E-state index contributed by atoms with van der Waals surface area (Å²) in [6.45, 7) is 18.7. The van der Waals surface area contributed by atoms with E-state index in [0.717, 1.165) is 3.58 Å². The number of carbonyl (C=O) groups excluding carboxylic acids is 3. The van der Waals surface area contributed by atoms with Crippen molar-refractivity contribution in [1.82, 2.24) is 0 Å². The van der Waals surface area contributed by atoms with Crippen LogP contribution in [0.25, 0.3) is 0 Å². The minimum Gasteiger partial charge on any atom is -0.458 e. The fourth-order valence-electron chi connectivity index (χ4n) is 4.23. The molecule has 1 aromatic carbocycles. The van der Waals surface area contributed by atoms with Gasteiger partial charge in [-0.15, -0.1) is 0 Å². The zero-order valence-corrected chi connectivity index (χ0v) is 26.9. The highest BCUT2D eigenvalue weighted by molar-refractivity contribution is 14.1. The van der Waals surface area contributed by atoms with Crippen LogP contribution in [0, 0.1) is 10.8 Å². The molecule has 8 heteroatoms. The monoisotopic (exact) mass is 642 g/mol. The van der Waals surface area contributed by atoms with Crippen LogP contribution in [0.2, 0.25) is 18.1 Å². The van der Waals surface area contributed by atoms with Gasteiger partial charge in [-0.25, -0.2) is 4.79 Å². The maximum atomic E-state index is 13.5. The predicted molar refractivity (Wildman–Crippen MR) is 157 cm³/mol. The van der Waals surface area contributed by atoms with E-state index in [9.17, 15) is 14.4 Å². The lowest BCUT2D eigenvalue weighted by atomic mass is 9.62. The van der Waals surface area contributed by atoms with Crippen LogP contribution < -0.4 is 0 Å². The highest BCUT2D eigenvalue weighted by Crippen LogP contribution is 2.48. The molecule has 37 heavy (non-hydrogen) atoms. The molecule has 0 amide bonds. The lowest BCUT2D eigenvalue weighted by Crippen LogP contribution is -2.51. The summed E-state index contributed by atoms with van der Waals surface area (Å²) < 4.78 is 18.7. The van der Waals surface area contributed by atoms with Gasteiger partial charge < -0.3 is 13.9 Å². The number of benzene rings is 1. The fourth-order valence-corrected chi connectivity index (χ4v) is 6.13. The van der Waals surface area contributed by atoms with E-state index in [2.05, 4.69) is 56.5 Å². The maximum Gasteiger partial charge on any atom is 0.352 e. The molecule has 1 aliphatic carbocycles. The van der Waals surface area contributed by atoms with Crippen LogP contribution in [0.5, 0.6) is 0 Å². The standard InChI is InChI=1S/C29H43IO6Si/c1-20(31)35-25(21-13-11-10-12-14-21)26(33)36-24-19-28(5,6)18-23(32)29(24,7)17-22(30)15-16-34-37(8,9)27(2,3)4/h10-15,24-25H,16-19H2,1-9H3/b22-15-/t24-,25?,29-/m1/s1. The van der Waals surface area contributed by atoms with Gasteiger partial charge in [-0.05, 0) is 69.5 Å². The second kappa shape index (κ2) is 12.1. The Morgan fingerprint density at radius 1 is 1.16 bits per heavy atom. The van der Waals surface area contributed by atoms with Gasteiger partial charge in [0.05, 0.1) is 12.0 Å². The van der Waals surface area contributed by atoms with Crippen molar-refractivity contribution in [3.63, 3.8) is 0 Å². The van der Waals surface area contributed by atoms with Gasteiger partial charge in [-0.1, -0.05) is 71.0 Å². The molecule has 0 aliphatic heterocycles. The van der Waals surface area contributed by atoms with Crippen molar-refractivity contribution in [2.75, 3.05) is 6.61 Å². The van der Waals surface area contributed by atoms with Crippen molar-refractivity contribution < 1.29 is 28.3 Å². The SMILES string of the molecule is CC(=O)OC(C(=O)O[C@@H]1CC(C)(C)CC(=O)[C@@]1(C)C/C(I)=C/CO[Si](C)(C)C(C)(C)C)c1ccccc1. The zero-order valence-electron chi connectivity index (χ0n) is 23.8. The Morgan fingerprint density at radius 3 is 2.30 bits per heavy atom. The number of hydrogen-bond donors (Lipinski definition) is 0. The van der Waals surface area contributed by atoms with Crippen molar-refractivity contribution in [2.24, 2.45) is 10.8 Å². The molecule has 0 spiro atoms. The molecule has 6 nitrogen and oxygen atoms in total. The van der Waals surface area contributed by atoms with E-state index in [4.69, 9.17) is 13.9 Å². The first-order chi connectivity index (χ1) is 16.9. The minimum absolute atomic E-state index is 0.0678. The molecule has 1 fully saturated rings. The first-order valence-corrected chi connectivity index (χ1v) is 16.8. The molecule has 0 aromatic heterocycles. The van der Waals surface area contributed by atoms with Crippen LogP contribution in [-0.2, 0) is 28.3 Å². The summed E-state index contributed by atoms with van der Waals surface area (Å²) in [5, 5.41) is 0.111. The van der Waals surface area contributed by atoms with Gasteiger partial charge in [0.15, 0.2) is 8.32 Å². The van der Waals surface area contributed by atoms with Crippen LogP contribution in [0.3, 0.4) is 0 Å². The summed E-state index contributed by atoms with van der Waals surface area (Å²) in [6, 6.07) is 8.81. The molecule has 206 valence electrons. The molecular weight excluding hydrogens is 599 g/mol. The summed E-state index contributed by atoms with van der Waals surface area (Å²) in [7, 11) is -1.89. The van der Waals surface area contributed by atoms with Gasteiger partial charge in [0.2, 0.25) is 6.10 Å². The maximum absolute atomic E-state index is 13.5. The average Bonchev–Trinajstić information content (AvgIpc) is 2.75. The number of ether oxygens (including phenoxy) is 2. The number of esters is 2. The Bertz CT molecular complexity index is 1010. The Kier molecular flexibility index (Phi) is 10.4. The third-order valence-electron chi connectivity index (χ3n) is 7.67. The van der Waals surface area contributed by atoms with E-state index in [1.54, 1.807) is 24.3 Å². The van der Waals surface area contributed by atoms with Crippen LogP contribution in [0.1, 0.15) is 79.4 Å². The van der Waals surface area contributed by atoms with Crippen LogP contribution >= 0.6 is 22.6 Å². The minimum atomic E-state index is -1.89. The largest absolute Gasteiger partial charge is 0.458 e. The number of allylic oxidation sites excluding steroid dienone is 1. The highest BCUT2D eigenvalue weighted by Gasteiger charge is 2.52. The number of ketones is 1. The predicted octanol–water partition coefficient (Wildman–Crippen LogP) is 7.33. The van der Waals surface area contributed by atoms with Crippen LogP contribution in [-0.4, -0.2) is 38.8 Å². The second-order valence-electron chi connectivity index (χ2n) is 12.6. The molecule has 0 radical (unpaired) electrons. The molecular formula is C29H43IO6Si. The van der Waals surface area contributed by atoms with Gasteiger partial charge in [-0.3, -0.25) is 9.59 Å². The van der Waals surface area contributed by atoms with Gasteiger partial charge in [0.25, 0.3) is 0 Å². The molecule has 0 saturated heterocycles. The van der Waals surface area contributed by atoms with Crippen LogP contribution in [0.4, 0.5) is 0 Å². The Hall–Kier alpha value is -1.52. The Labute approximate surface area is 237 Å². The number of halogens is 1.